The van der Waals surface area contributed by atoms with Gasteiger partial charge in [0.25, 0.3) is 0 Å². The molecule has 2 aromatic heterocycles. The van der Waals surface area contributed by atoms with Gasteiger partial charge in [0.15, 0.2) is 0 Å². The Labute approximate surface area is 184 Å². The van der Waals surface area contributed by atoms with Crippen molar-refractivity contribution in [2.45, 2.75) is 37.9 Å². The summed E-state index contributed by atoms with van der Waals surface area (Å²) in [5.41, 5.74) is 3.26. The second kappa shape index (κ2) is 8.12. The number of hydrogen-bond acceptors (Lipinski definition) is 7. The molecule has 1 aromatic carbocycles. The molecule has 1 spiro atoms. The van der Waals surface area contributed by atoms with Crippen LogP contribution < -0.4 is 5.32 Å². The van der Waals surface area contributed by atoms with Gasteiger partial charge in [0.1, 0.15) is 5.60 Å². The Bertz CT molecular complexity index is 1170. The summed E-state index contributed by atoms with van der Waals surface area (Å²) in [4.78, 5) is 37.5. The Morgan fingerprint density at radius 1 is 1.12 bits per heavy atom. The van der Waals surface area contributed by atoms with Crippen LogP contribution in [0.5, 0.6) is 0 Å². The van der Waals surface area contributed by atoms with E-state index < -0.39 is 5.60 Å². The zero-order valence-corrected chi connectivity index (χ0v) is 17.3. The molecule has 32 heavy (non-hydrogen) atoms. The van der Waals surface area contributed by atoms with E-state index in [4.69, 9.17) is 4.74 Å². The number of nitrogens with one attached hydrogen (secondary N) is 1. The van der Waals surface area contributed by atoms with E-state index in [1.165, 1.54) is 0 Å². The number of hydrogen-bond donors (Lipinski definition) is 2. The van der Waals surface area contributed by atoms with Crippen molar-refractivity contribution in [3.63, 3.8) is 0 Å². The maximum atomic E-state index is 12.8. The lowest BCUT2D eigenvalue weighted by atomic mass is 9.75. The van der Waals surface area contributed by atoms with E-state index >= 15 is 0 Å². The fraction of sp³-hybridized carbons (Fsp3) is 0.292. The number of carbonyl (C=O) groups is 2. The van der Waals surface area contributed by atoms with Crippen LogP contribution in [0, 0.1) is 5.92 Å². The van der Waals surface area contributed by atoms with Gasteiger partial charge in [-0.25, -0.2) is 14.8 Å². The molecule has 8 heteroatoms. The van der Waals surface area contributed by atoms with Crippen LogP contribution in [0.3, 0.4) is 0 Å². The number of aliphatic hydroxyl groups excluding tert-OH is 1. The van der Waals surface area contributed by atoms with Crippen molar-refractivity contribution in [2.24, 2.45) is 5.92 Å². The van der Waals surface area contributed by atoms with Gasteiger partial charge in [-0.05, 0) is 48.9 Å². The molecule has 0 radical (unpaired) electrons. The predicted octanol–water partition coefficient (Wildman–Crippen LogP) is 3.23. The monoisotopic (exact) mass is 430 g/mol. The van der Waals surface area contributed by atoms with Crippen molar-refractivity contribution in [1.29, 1.82) is 0 Å². The van der Waals surface area contributed by atoms with Gasteiger partial charge in [0.2, 0.25) is 11.9 Å². The molecule has 3 heterocycles. The van der Waals surface area contributed by atoms with E-state index in [1.807, 2.05) is 30.3 Å². The molecule has 1 fully saturated rings. The molecule has 1 amide bonds. The lowest BCUT2D eigenvalue weighted by molar-refractivity contribution is -0.122. The third-order valence-corrected chi connectivity index (χ3v) is 6.31. The van der Waals surface area contributed by atoms with E-state index in [9.17, 15) is 14.7 Å². The van der Waals surface area contributed by atoms with E-state index in [1.54, 1.807) is 24.8 Å². The molecule has 0 unspecified atom stereocenters. The minimum Gasteiger partial charge on any atom is -0.451 e. The minimum atomic E-state index is -0.645. The average Bonchev–Trinajstić information content (AvgIpc) is 3.11. The summed E-state index contributed by atoms with van der Waals surface area (Å²) in [6, 6.07) is 9.33. The summed E-state index contributed by atoms with van der Waals surface area (Å²) in [5.74, 6) is -0.418. The first-order chi connectivity index (χ1) is 15.6. The van der Waals surface area contributed by atoms with Crippen LogP contribution in [0.25, 0.3) is 11.1 Å². The number of esters is 1. The largest absolute Gasteiger partial charge is 0.451 e. The third kappa shape index (κ3) is 3.62. The summed E-state index contributed by atoms with van der Waals surface area (Å²) in [7, 11) is 0. The van der Waals surface area contributed by atoms with Crippen molar-refractivity contribution >= 4 is 17.8 Å². The first-order valence-electron chi connectivity index (χ1n) is 10.6. The fourth-order valence-electron chi connectivity index (χ4n) is 4.56. The smallest absolute Gasteiger partial charge is 0.341 e. The molecule has 162 valence electrons. The van der Waals surface area contributed by atoms with Gasteiger partial charge in [-0.1, -0.05) is 18.2 Å². The molecular formula is C24H22N4O4. The molecular weight excluding hydrogens is 408 g/mol. The molecule has 1 aliphatic heterocycles. The summed E-state index contributed by atoms with van der Waals surface area (Å²) < 4.78 is 5.73. The van der Waals surface area contributed by atoms with Gasteiger partial charge in [0, 0.05) is 41.8 Å². The molecule has 3 aromatic rings. The zero-order chi connectivity index (χ0) is 22.1. The third-order valence-electron chi connectivity index (χ3n) is 6.31. The Hall–Kier alpha value is -3.65. The number of ether oxygens (including phenoxy) is 1. The van der Waals surface area contributed by atoms with Crippen molar-refractivity contribution in [1.82, 2.24) is 15.0 Å². The molecule has 0 bridgehead atoms. The molecule has 1 aliphatic carbocycles. The Morgan fingerprint density at radius 2 is 1.91 bits per heavy atom. The first kappa shape index (κ1) is 20.3. The minimum absolute atomic E-state index is 0.0345. The van der Waals surface area contributed by atoms with Crippen LogP contribution in [-0.2, 0) is 21.7 Å². The van der Waals surface area contributed by atoms with Crippen LogP contribution in [0.4, 0.5) is 5.95 Å². The van der Waals surface area contributed by atoms with E-state index in [0.29, 0.717) is 31.2 Å². The average molecular weight is 430 g/mol. The number of carbonyl (C=O) groups excluding carboxylic acids is 2. The zero-order valence-electron chi connectivity index (χ0n) is 17.3. The lowest BCUT2D eigenvalue weighted by Gasteiger charge is -2.35. The van der Waals surface area contributed by atoms with Gasteiger partial charge in [-0.3, -0.25) is 15.1 Å². The quantitative estimate of drug-likeness (QED) is 0.611. The van der Waals surface area contributed by atoms with Gasteiger partial charge >= 0.3 is 5.97 Å². The standard InChI is InChI=1S/C24H22N4O4/c29-14-15-2-1-3-17(10-15)18-11-26-23(27-12-18)28-21(30)16-4-7-24(8-5-16)20-6-9-25-13-19(20)22(31)32-24/h1-3,6,9-13,16,29H,4-5,7-8,14H2,(H,26,27,28,30). The summed E-state index contributed by atoms with van der Waals surface area (Å²) in [6.07, 6.45) is 8.91. The number of rotatable bonds is 4. The SMILES string of the molecule is O=C1OC2(CCC(C(=O)Nc3ncc(-c4cccc(CO)c4)cn3)CC2)c2ccncc21. The van der Waals surface area contributed by atoms with Gasteiger partial charge in [-0.2, -0.15) is 0 Å². The van der Waals surface area contributed by atoms with Crippen LogP contribution in [0.2, 0.25) is 0 Å². The van der Waals surface area contributed by atoms with Crippen molar-refractivity contribution in [2.75, 3.05) is 5.32 Å². The Morgan fingerprint density at radius 3 is 2.66 bits per heavy atom. The Kier molecular flexibility index (Phi) is 5.14. The summed E-state index contributed by atoms with van der Waals surface area (Å²) in [6.45, 7) is -0.0345. The number of nitrogens with zero attached hydrogens (tertiary/aromatic N) is 3. The second-order valence-electron chi connectivity index (χ2n) is 8.22. The van der Waals surface area contributed by atoms with Gasteiger partial charge in [0.05, 0.1) is 12.2 Å². The highest BCUT2D eigenvalue weighted by Gasteiger charge is 2.48. The topological polar surface area (TPSA) is 114 Å². The highest BCUT2D eigenvalue weighted by atomic mass is 16.6. The van der Waals surface area contributed by atoms with Gasteiger partial charge < -0.3 is 9.84 Å². The number of fused-ring (bicyclic) bond motifs is 2. The molecule has 5 rings (SSSR count). The molecule has 2 aliphatic rings. The Balaban J connectivity index is 1.23. The number of anilines is 1. The first-order valence-corrected chi connectivity index (χ1v) is 10.6. The number of aromatic nitrogens is 3. The van der Waals surface area contributed by atoms with Crippen LogP contribution in [-0.4, -0.2) is 31.9 Å². The molecule has 0 atom stereocenters. The maximum Gasteiger partial charge on any atom is 0.341 e. The molecule has 2 N–H and O–H groups in total. The van der Waals surface area contributed by atoms with Crippen LogP contribution in [0.15, 0.2) is 55.1 Å². The van der Waals surface area contributed by atoms with Crippen molar-refractivity contribution < 1.29 is 19.4 Å². The number of pyridine rings is 1. The van der Waals surface area contributed by atoms with Crippen LogP contribution >= 0.6 is 0 Å². The maximum absolute atomic E-state index is 12.8. The predicted molar refractivity (Wildman–Crippen MR) is 115 cm³/mol. The fourth-order valence-corrected chi connectivity index (χ4v) is 4.56. The number of aliphatic hydroxyl groups is 1. The second-order valence-corrected chi connectivity index (χ2v) is 8.22. The number of benzene rings is 1. The van der Waals surface area contributed by atoms with Crippen molar-refractivity contribution in [3.05, 3.63) is 71.8 Å². The highest BCUT2D eigenvalue weighted by molar-refractivity contribution is 5.94. The number of amides is 1. The van der Waals surface area contributed by atoms with E-state index in [-0.39, 0.29) is 30.3 Å². The highest BCUT2D eigenvalue weighted by Crippen LogP contribution is 2.47. The van der Waals surface area contributed by atoms with Crippen LogP contribution in [0.1, 0.15) is 47.2 Å². The van der Waals surface area contributed by atoms with Gasteiger partial charge in [-0.15, -0.1) is 0 Å². The molecule has 8 nitrogen and oxygen atoms in total. The van der Waals surface area contributed by atoms with Crippen molar-refractivity contribution in [3.8, 4) is 11.1 Å². The van der Waals surface area contributed by atoms with E-state index in [0.717, 1.165) is 22.3 Å². The molecule has 0 saturated heterocycles. The normalized spacial score (nSPS) is 21.8. The lowest BCUT2D eigenvalue weighted by Crippen LogP contribution is -2.36. The molecule has 1 saturated carbocycles. The van der Waals surface area contributed by atoms with E-state index in [2.05, 4.69) is 20.3 Å². The summed E-state index contributed by atoms with van der Waals surface area (Å²) >= 11 is 0. The summed E-state index contributed by atoms with van der Waals surface area (Å²) in [5, 5.41) is 12.1.